The van der Waals surface area contributed by atoms with Crippen molar-refractivity contribution in [3.05, 3.63) is 35.9 Å². The zero-order valence-corrected chi connectivity index (χ0v) is 20.3. The van der Waals surface area contributed by atoms with E-state index in [9.17, 15) is 39.3 Å². The summed E-state index contributed by atoms with van der Waals surface area (Å²) in [7, 11) is 0. The van der Waals surface area contributed by atoms with Gasteiger partial charge in [0.15, 0.2) is 0 Å². The Kier molecular flexibility index (Phi) is 12.8. The number of carboxylic acids is 2. The monoisotopic (exact) mass is 512 g/mol. The maximum Gasteiger partial charge on any atom is 0.326 e. The van der Waals surface area contributed by atoms with Crippen molar-refractivity contribution in [3.63, 3.8) is 0 Å². The van der Waals surface area contributed by atoms with Crippen LogP contribution in [0.1, 0.15) is 25.3 Å². The molecule has 1 aromatic carbocycles. The minimum Gasteiger partial charge on any atom is -0.481 e. The average molecular weight is 513 g/mol. The summed E-state index contributed by atoms with van der Waals surface area (Å²) >= 11 is 1.41. The fourth-order valence-corrected chi connectivity index (χ4v) is 3.44. The molecule has 5 unspecified atom stereocenters. The Balaban J connectivity index is 3.12. The third kappa shape index (κ3) is 10.8. The molecule has 0 heterocycles. The van der Waals surface area contributed by atoms with Crippen molar-refractivity contribution in [2.24, 2.45) is 5.73 Å². The van der Waals surface area contributed by atoms with E-state index >= 15 is 0 Å². The fourth-order valence-electron chi connectivity index (χ4n) is 2.97. The van der Waals surface area contributed by atoms with Crippen molar-refractivity contribution in [3.8, 4) is 0 Å². The molecule has 0 aliphatic rings. The maximum atomic E-state index is 13.0. The van der Waals surface area contributed by atoms with Crippen LogP contribution in [0.5, 0.6) is 0 Å². The number of nitrogens with two attached hydrogens (primary N) is 1. The largest absolute Gasteiger partial charge is 0.481 e. The molecule has 0 fully saturated rings. The standard InChI is InChI=1S/C22H32N4O8S/c1-12(27)18(23)21(32)26-16(11-17(28)29)20(31)25-15(10-13-6-4-3-5-7-13)19(30)24-14(22(33)34)8-9-35-2/h3-7,12,14-16,18,27H,8-11,23H2,1-2H3,(H,24,30)(H,25,31)(H,26,32)(H,28,29)(H,33,34). The van der Waals surface area contributed by atoms with E-state index in [0.29, 0.717) is 11.3 Å². The third-order valence-corrected chi connectivity index (χ3v) is 5.62. The summed E-state index contributed by atoms with van der Waals surface area (Å²) in [4.78, 5) is 60.9. The second kappa shape index (κ2) is 15.0. The number of benzene rings is 1. The van der Waals surface area contributed by atoms with E-state index in [4.69, 9.17) is 5.73 Å². The molecular formula is C22H32N4O8S. The first-order chi connectivity index (χ1) is 16.5. The number of rotatable bonds is 15. The highest BCUT2D eigenvalue weighted by atomic mass is 32.2. The molecule has 3 amide bonds. The van der Waals surface area contributed by atoms with Crippen molar-refractivity contribution in [1.29, 1.82) is 0 Å². The van der Waals surface area contributed by atoms with Crippen LogP contribution in [-0.4, -0.2) is 87.3 Å². The second-order valence-electron chi connectivity index (χ2n) is 7.86. The van der Waals surface area contributed by atoms with Crippen LogP contribution < -0.4 is 21.7 Å². The van der Waals surface area contributed by atoms with Gasteiger partial charge in [-0.15, -0.1) is 0 Å². The summed E-state index contributed by atoms with van der Waals surface area (Å²) in [6.07, 6.45) is -0.138. The van der Waals surface area contributed by atoms with E-state index in [0.717, 1.165) is 0 Å². The smallest absolute Gasteiger partial charge is 0.326 e. The topological polar surface area (TPSA) is 208 Å². The molecule has 0 aromatic heterocycles. The summed E-state index contributed by atoms with van der Waals surface area (Å²) in [5, 5.41) is 35.1. The van der Waals surface area contributed by atoms with Gasteiger partial charge in [-0.2, -0.15) is 11.8 Å². The molecule has 0 saturated carbocycles. The summed E-state index contributed by atoms with van der Waals surface area (Å²) in [6, 6.07) is 3.14. The number of nitrogens with one attached hydrogen (secondary N) is 3. The molecule has 0 bridgehead atoms. The lowest BCUT2D eigenvalue weighted by atomic mass is 10.0. The number of thioether (sulfide) groups is 1. The van der Waals surface area contributed by atoms with E-state index in [1.54, 1.807) is 36.6 Å². The van der Waals surface area contributed by atoms with Gasteiger partial charge >= 0.3 is 11.9 Å². The summed E-state index contributed by atoms with van der Waals surface area (Å²) in [5.74, 6) is -4.87. The van der Waals surface area contributed by atoms with Gasteiger partial charge in [0.1, 0.15) is 24.2 Å². The summed E-state index contributed by atoms with van der Waals surface area (Å²) in [5.41, 5.74) is 6.20. The maximum absolute atomic E-state index is 13.0. The van der Waals surface area contributed by atoms with Gasteiger partial charge in [-0.25, -0.2) is 4.79 Å². The molecular weight excluding hydrogens is 480 g/mol. The van der Waals surface area contributed by atoms with Gasteiger partial charge in [-0.1, -0.05) is 30.3 Å². The van der Waals surface area contributed by atoms with E-state index in [2.05, 4.69) is 16.0 Å². The highest BCUT2D eigenvalue weighted by Gasteiger charge is 2.32. The van der Waals surface area contributed by atoms with Crippen LogP contribution in [0.25, 0.3) is 0 Å². The van der Waals surface area contributed by atoms with Crippen LogP contribution in [0.3, 0.4) is 0 Å². The van der Waals surface area contributed by atoms with Gasteiger partial charge < -0.3 is 37.0 Å². The quantitative estimate of drug-likeness (QED) is 0.148. The average Bonchev–Trinajstić information content (AvgIpc) is 2.80. The van der Waals surface area contributed by atoms with E-state index in [1.165, 1.54) is 18.7 Å². The lowest BCUT2D eigenvalue weighted by molar-refractivity contribution is -0.143. The van der Waals surface area contributed by atoms with Gasteiger partial charge in [0.05, 0.1) is 12.5 Å². The van der Waals surface area contributed by atoms with Gasteiger partial charge in [0, 0.05) is 6.42 Å². The van der Waals surface area contributed by atoms with Crippen LogP contribution in [0, 0.1) is 0 Å². The third-order valence-electron chi connectivity index (χ3n) is 4.98. The lowest BCUT2D eigenvalue weighted by Crippen LogP contribution is -2.59. The predicted molar refractivity (Wildman–Crippen MR) is 128 cm³/mol. The minimum absolute atomic E-state index is 0.0196. The van der Waals surface area contributed by atoms with Crippen LogP contribution in [0.15, 0.2) is 30.3 Å². The molecule has 1 rings (SSSR count). The van der Waals surface area contributed by atoms with Crippen molar-refractivity contribution in [2.75, 3.05) is 12.0 Å². The SMILES string of the molecule is CSCCC(NC(=O)C(Cc1ccccc1)NC(=O)C(CC(=O)O)NC(=O)C(N)C(C)O)C(=O)O. The predicted octanol–water partition coefficient (Wildman–Crippen LogP) is -1.30. The molecule has 1 aromatic rings. The summed E-state index contributed by atoms with van der Waals surface area (Å²) in [6.45, 7) is 1.26. The number of hydrogen-bond acceptors (Lipinski definition) is 8. The number of aliphatic hydroxyl groups is 1. The van der Waals surface area contributed by atoms with Gasteiger partial charge in [-0.3, -0.25) is 19.2 Å². The Morgan fingerprint density at radius 2 is 1.46 bits per heavy atom. The Labute approximate surface area is 207 Å². The van der Waals surface area contributed by atoms with Crippen LogP contribution in [0.4, 0.5) is 0 Å². The van der Waals surface area contributed by atoms with Crippen molar-refractivity contribution >= 4 is 41.4 Å². The number of carbonyl (C=O) groups is 5. The number of aliphatic hydroxyl groups excluding tert-OH is 1. The zero-order chi connectivity index (χ0) is 26.5. The molecule has 5 atom stereocenters. The first kappa shape index (κ1) is 29.9. The molecule has 0 saturated heterocycles. The van der Waals surface area contributed by atoms with Crippen LogP contribution >= 0.6 is 11.8 Å². The lowest BCUT2D eigenvalue weighted by Gasteiger charge is -2.25. The van der Waals surface area contributed by atoms with Gasteiger partial charge in [0.2, 0.25) is 17.7 Å². The fraction of sp³-hybridized carbons (Fsp3) is 0.500. The number of carbonyl (C=O) groups excluding carboxylic acids is 3. The number of aliphatic carboxylic acids is 2. The van der Waals surface area contributed by atoms with Gasteiger partial charge in [-0.05, 0) is 30.9 Å². The Hall–Kier alpha value is -3.16. The first-order valence-electron chi connectivity index (χ1n) is 10.8. The summed E-state index contributed by atoms with van der Waals surface area (Å²) < 4.78 is 0. The molecule has 0 radical (unpaired) electrons. The van der Waals surface area contributed by atoms with E-state index < -0.39 is 66.4 Å². The van der Waals surface area contributed by atoms with Crippen LogP contribution in [-0.2, 0) is 30.4 Å². The molecule has 0 spiro atoms. The molecule has 8 N–H and O–H groups in total. The number of carboxylic acid groups (broad SMARTS) is 2. The number of amides is 3. The second-order valence-corrected chi connectivity index (χ2v) is 8.84. The first-order valence-corrected chi connectivity index (χ1v) is 12.2. The molecule has 13 heteroatoms. The number of hydrogen-bond donors (Lipinski definition) is 7. The highest BCUT2D eigenvalue weighted by molar-refractivity contribution is 7.98. The molecule has 35 heavy (non-hydrogen) atoms. The highest BCUT2D eigenvalue weighted by Crippen LogP contribution is 2.07. The van der Waals surface area contributed by atoms with E-state index in [1.807, 2.05) is 0 Å². The van der Waals surface area contributed by atoms with Gasteiger partial charge in [0.25, 0.3) is 0 Å². The Bertz CT molecular complexity index is 883. The minimum atomic E-state index is -1.59. The van der Waals surface area contributed by atoms with Crippen molar-refractivity contribution < 1.29 is 39.3 Å². The molecule has 12 nitrogen and oxygen atoms in total. The normalized spacial score (nSPS) is 15.1. The zero-order valence-electron chi connectivity index (χ0n) is 19.5. The Morgan fingerprint density at radius 3 is 1.97 bits per heavy atom. The van der Waals surface area contributed by atoms with E-state index in [-0.39, 0.29) is 12.8 Å². The van der Waals surface area contributed by atoms with Crippen molar-refractivity contribution in [1.82, 2.24) is 16.0 Å². The molecule has 0 aliphatic heterocycles. The Morgan fingerprint density at radius 1 is 0.914 bits per heavy atom. The van der Waals surface area contributed by atoms with Crippen molar-refractivity contribution in [2.45, 2.75) is 56.5 Å². The molecule has 194 valence electrons. The molecule has 0 aliphatic carbocycles. The van der Waals surface area contributed by atoms with Crippen LogP contribution in [0.2, 0.25) is 0 Å².